The molecule has 0 bridgehead atoms. The summed E-state index contributed by atoms with van der Waals surface area (Å²) in [6, 6.07) is 16.2. The van der Waals surface area contributed by atoms with Gasteiger partial charge in [0.15, 0.2) is 0 Å². The van der Waals surface area contributed by atoms with Crippen molar-refractivity contribution in [3.63, 3.8) is 0 Å². The molecule has 0 saturated heterocycles. The van der Waals surface area contributed by atoms with Crippen LogP contribution in [0.1, 0.15) is 19.8 Å². The van der Waals surface area contributed by atoms with Gasteiger partial charge in [0.1, 0.15) is 5.82 Å². The second-order valence-corrected chi connectivity index (χ2v) is 5.38. The summed E-state index contributed by atoms with van der Waals surface area (Å²) in [6.45, 7) is 3.19. The first kappa shape index (κ1) is 13.2. The van der Waals surface area contributed by atoms with Crippen LogP contribution in [0.2, 0.25) is 5.02 Å². The lowest BCUT2D eigenvalue weighted by atomic mass is 10.2. The number of aromatic nitrogens is 2. The van der Waals surface area contributed by atoms with E-state index in [1.165, 1.54) is 11.9 Å². The summed E-state index contributed by atoms with van der Waals surface area (Å²) in [7, 11) is 0. The number of hydrogen-bond acceptors (Lipinski definition) is 1. The SMILES string of the molecule is CCCCn1c(-c2cccc(Cl)c2)nc2ccccc21. The summed E-state index contributed by atoms with van der Waals surface area (Å²) in [5.41, 5.74) is 3.30. The molecule has 0 spiro atoms. The number of para-hydroxylation sites is 2. The van der Waals surface area contributed by atoms with Gasteiger partial charge in [-0.2, -0.15) is 0 Å². The van der Waals surface area contributed by atoms with Crippen LogP contribution in [0.3, 0.4) is 0 Å². The molecule has 1 heterocycles. The van der Waals surface area contributed by atoms with Crippen molar-refractivity contribution in [2.24, 2.45) is 0 Å². The standard InChI is InChI=1S/C17H17ClN2/c1-2-3-11-20-16-10-5-4-9-15(16)19-17(20)13-7-6-8-14(18)12-13/h4-10,12H,2-3,11H2,1H3. The van der Waals surface area contributed by atoms with Crippen LogP contribution in [0.15, 0.2) is 48.5 Å². The minimum absolute atomic E-state index is 0.747. The largest absolute Gasteiger partial charge is 0.324 e. The van der Waals surface area contributed by atoms with Gasteiger partial charge in [0.25, 0.3) is 0 Å². The summed E-state index contributed by atoms with van der Waals surface area (Å²) < 4.78 is 2.30. The molecule has 0 N–H and O–H groups in total. The third kappa shape index (κ3) is 2.44. The summed E-state index contributed by atoms with van der Waals surface area (Å²) in [4.78, 5) is 4.78. The zero-order valence-electron chi connectivity index (χ0n) is 11.5. The quantitative estimate of drug-likeness (QED) is 0.647. The highest BCUT2D eigenvalue weighted by atomic mass is 35.5. The number of halogens is 1. The van der Waals surface area contributed by atoms with E-state index in [4.69, 9.17) is 16.6 Å². The van der Waals surface area contributed by atoms with Crippen LogP contribution < -0.4 is 0 Å². The van der Waals surface area contributed by atoms with Crippen LogP contribution >= 0.6 is 11.6 Å². The van der Waals surface area contributed by atoms with Crippen molar-refractivity contribution in [2.45, 2.75) is 26.3 Å². The Balaban J connectivity index is 2.18. The molecule has 20 heavy (non-hydrogen) atoms. The maximum Gasteiger partial charge on any atom is 0.141 e. The van der Waals surface area contributed by atoms with Gasteiger partial charge in [-0.25, -0.2) is 4.98 Å². The Morgan fingerprint density at radius 2 is 1.95 bits per heavy atom. The van der Waals surface area contributed by atoms with Crippen molar-refractivity contribution < 1.29 is 0 Å². The summed E-state index contributed by atoms with van der Waals surface area (Å²) in [6.07, 6.45) is 2.31. The van der Waals surface area contributed by atoms with E-state index in [1.807, 2.05) is 24.3 Å². The van der Waals surface area contributed by atoms with E-state index in [1.54, 1.807) is 0 Å². The zero-order valence-corrected chi connectivity index (χ0v) is 12.3. The molecule has 0 atom stereocenters. The van der Waals surface area contributed by atoms with Crippen LogP contribution in [0.25, 0.3) is 22.4 Å². The van der Waals surface area contributed by atoms with Gasteiger partial charge in [0, 0.05) is 17.1 Å². The molecule has 2 nitrogen and oxygen atoms in total. The fourth-order valence-corrected chi connectivity index (χ4v) is 2.66. The fraction of sp³-hybridized carbons (Fsp3) is 0.235. The fourth-order valence-electron chi connectivity index (χ4n) is 2.47. The van der Waals surface area contributed by atoms with E-state index in [9.17, 15) is 0 Å². The zero-order chi connectivity index (χ0) is 13.9. The smallest absolute Gasteiger partial charge is 0.141 e. The number of nitrogens with zero attached hydrogens (tertiary/aromatic N) is 2. The van der Waals surface area contributed by atoms with Crippen molar-refractivity contribution >= 4 is 22.6 Å². The molecule has 3 aromatic rings. The minimum Gasteiger partial charge on any atom is -0.324 e. The Labute approximate surface area is 124 Å². The molecule has 0 unspecified atom stereocenters. The molecule has 0 fully saturated rings. The van der Waals surface area contributed by atoms with Gasteiger partial charge in [-0.05, 0) is 30.7 Å². The highest BCUT2D eigenvalue weighted by molar-refractivity contribution is 6.30. The van der Waals surface area contributed by atoms with Crippen molar-refractivity contribution in [3.8, 4) is 11.4 Å². The monoisotopic (exact) mass is 284 g/mol. The van der Waals surface area contributed by atoms with Gasteiger partial charge in [-0.15, -0.1) is 0 Å². The number of benzene rings is 2. The second-order valence-electron chi connectivity index (χ2n) is 4.94. The van der Waals surface area contributed by atoms with Crippen LogP contribution in [0, 0.1) is 0 Å². The number of unbranched alkanes of at least 4 members (excludes halogenated alkanes) is 1. The molecule has 2 aromatic carbocycles. The van der Waals surface area contributed by atoms with E-state index < -0.39 is 0 Å². The third-order valence-corrected chi connectivity index (χ3v) is 3.71. The van der Waals surface area contributed by atoms with Crippen molar-refractivity contribution in [1.29, 1.82) is 0 Å². The molecule has 0 aliphatic heterocycles. The molecule has 0 aliphatic rings. The predicted octanol–water partition coefficient (Wildman–Crippen LogP) is 5.16. The molecule has 0 saturated carbocycles. The van der Waals surface area contributed by atoms with Crippen molar-refractivity contribution in [2.75, 3.05) is 0 Å². The molecule has 0 amide bonds. The summed E-state index contributed by atoms with van der Waals surface area (Å²) >= 11 is 6.11. The Morgan fingerprint density at radius 1 is 1.10 bits per heavy atom. The van der Waals surface area contributed by atoms with Crippen LogP contribution in [-0.4, -0.2) is 9.55 Å². The van der Waals surface area contributed by atoms with Gasteiger partial charge < -0.3 is 4.57 Å². The molecule has 102 valence electrons. The summed E-state index contributed by atoms with van der Waals surface area (Å²) in [5.74, 6) is 1.00. The topological polar surface area (TPSA) is 17.8 Å². The molecule has 0 radical (unpaired) electrons. The predicted molar refractivity (Wildman–Crippen MR) is 85.1 cm³/mol. The minimum atomic E-state index is 0.747. The van der Waals surface area contributed by atoms with E-state index >= 15 is 0 Å². The lowest BCUT2D eigenvalue weighted by Crippen LogP contribution is -2.00. The molecule has 3 rings (SSSR count). The Morgan fingerprint density at radius 3 is 2.75 bits per heavy atom. The lowest BCUT2D eigenvalue weighted by molar-refractivity contribution is 0.651. The van der Waals surface area contributed by atoms with Gasteiger partial charge in [0.05, 0.1) is 11.0 Å². The van der Waals surface area contributed by atoms with Crippen LogP contribution in [0.5, 0.6) is 0 Å². The van der Waals surface area contributed by atoms with Gasteiger partial charge in [-0.3, -0.25) is 0 Å². The highest BCUT2D eigenvalue weighted by Gasteiger charge is 2.11. The van der Waals surface area contributed by atoms with Crippen molar-refractivity contribution in [3.05, 3.63) is 53.6 Å². The van der Waals surface area contributed by atoms with Crippen molar-refractivity contribution in [1.82, 2.24) is 9.55 Å². The first-order valence-corrected chi connectivity index (χ1v) is 7.38. The molecule has 3 heteroatoms. The van der Waals surface area contributed by atoms with Gasteiger partial charge in [0.2, 0.25) is 0 Å². The normalized spacial score (nSPS) is 11.1. The van der Waals surface area contributed by atoms with E-state index in [0.29, 0.717) is 0 Å². The molecule has 1 aromatic heterocycles. The number of aryl methyl sites for hydroxylation is 1. The average Bonchev–Trinajstić information content (AvgIpc) is 2.84. The Bertz CT molecular complexity index is 731. The first-order valence-electron chi connectivity index (χ1n) is 7.01. The van der Waals surface area contributed by atoms with E-state index in [0.717, 1.165) is 34.9 Å². The molecular formula is C17H17ClN2. The lowest BCUT2D eigenvalue weighted by Gasteiger charge is -2.08. The third-order valence-electron chi connectivity index (χ3n) is 3.47. The Kier molecular flexibility index (Phi) is 3.75. The number of hydrogen-bond donors (Lipinski definition) is 0. The number of fused-ring (bicyclic) bond motifs is 1. The Hall–Kier alpha value is -1.80. The van der Waals surface area contributed by atoms with Crippen LogP contribution in [-0.2, 0) is 6.54 Å². The second kappa shape index (κ2) is 5.68. The maximum atomic E-state index is 6.11. The highest BCUT2D eigenvalue weighted by Crippen LogP contribution is 2.27. The van der Waals surface area contributed by atoms with Gasteiger partial charge >= 0.3 is 0 Å². The maximum absolute atomic E-state index is 6.11. The molecule has 0 aliphatic carbocycles. The van der Waals surface area contributed by atoms with Gasteiger partial charge in [-0.1, -0.05) is 49.2 Å². The number of imidazole rings is 1. The average molecular weight is 285 g/mol. The van der Waals surface area contributed by atoms with E-state index in [-0.39, 0.29) is 0 Å². The van der Waals surface area contributed by atoms with Crippen LogP contribution in [0.4, 0.5) is 0 Å². The van der Waals surface area contributed by atoms with E-state index in [2.05, 4.69) is 35.8 Å². The molecular weight excluding hydrogens is 268 g/mol. The number of rotatable bonds is 4. The summed E-state index contributed by atoms with van der Waals surface area (Å²) in [5, 5.41) is 0.747. The first-order chi connectivity index (χ1) is 9.79.